The first-order valence-corrected chi connectivity index (χ1v) is 13.3. The van der Waals surface area contributed by atoms with Crippen molar-refractivity contribution in [1.29, 1.82) is 0 Å². The summed E-state index contributed by atoms with van der Waals surface area (Å²) in [6.07, 6.45) is 14.0. The molecule has 3 aliphatic rings. The molecule has 31 heavy (non-hydrogen) atoms. The molecule has 0 heterocycles. The van der Waals surface area contributed by atoms with Gasteiger partial charge in [-0.1, -0.05) is 49.8 Å². The van der Waals surface area contributed by atoms with Gasteiger partial charge in [-0.2, -0.15) is 8.78 Å². The summed E-state index contributed by atoms with van der Waals surface area (Å²) in [5.41, 5.74) is 3.67. The van der Waals surface area contributed by atoms with Crippen LogP contribution in [0.3, 0.4) is 0 Å². The number of halogens is 2. The Morgan fingerprint density at radius 1 is 1.23 bits per heavy atom. The minimum atomic E-state index is -4.46. The van der Waals surface area contributed by atoms with Gasteiger partial charge >= 0.3 is 5.25 Å². The molecule has 4 unspecified atom stereocenters. The van der Waals surface area contributed by atoms with E-state index in [0.29, 0.717) is 24.7 Å². The van der Waals surface area contributed by atoms with Gasteiger partial charge in [-0.15, -0.1) is 0 Å². The quantitative estimate of drug-likeness (QED) is 0.520. The molecule has 0 aromatic heterocycles. The second-order valence-corrected chi connectivity index (χ2v) is 12.2. The molecule has 5 atom stereocenters. The first-order valence-electron chi connectivity index (χ1n) is 11.4. The minimum Gasteiger partial charge on any atom is -0.393 e. The molecular formula is C25H36F2O3S. The van der Waals surface area contributed by atoms with Gasteiger partial charge in [0.05, 0.1) is 6.10 Å². The lowest BCUT2D eigenvalue weighted by atomic mass is 9.61. The zero-order valence-corrected chi connectivity index (χ0v) is 19.7. The molecule has 6 heteroatoms. The van der Waals surface area contributed by atoms with E-state index in [-0.39, 0.29) is 23.4 Å². The molecule has 0 aliphatic heterocycles. The highest BCUT2D eigenvalue weighted by Gasteiger charge is 2.50. The molecule has 0 spiro atoms. The van der Waals surface area contributed by atoms with Crippen molar-refractivity contribution in [3.8, 4) is 0 Å². The average molecular weight is 455 g/mol. The predicted octanol–water partition coefficient (Wildman–Crippen LogP) is 5.99. The van der Waals surface area contributed by atoms with Crippen LogP contribution in [-0.4, -0.2) is 31.1 Å². The van der Waals surface area contributed by atoms with Crippen molar-refractivity contribution in [2.75, 3.05) is 6.26 Å². The van der Waals surface area contributed by atoms with Crippen LogP contribution in [0.15, 0.2) is 47.6 Å². The summed E-state index contributed by atoms with van der Waals surface area (Å²) >= 11 is 0. The molecule has 3 saturated carbocycles. The second kappa shape index (κ2) is 8.93. The van der Waals surface area contributed by atoms with Gasteiger partial charge in [-0.3, -0.25) is 0 Å². The Hall–Kier alpha value is -1.27. The number of fused-ring (bicyclic) bond motifs is 1. The van der Waals surface area contributed by atoms with Gasteiger partial charge in [-0.25, -0.2) is 8.42 Å². The molecule has 3 aliphatic carbocycles. The smallest absolute Gasteiger partial charge is 0.363 e. The summed E-state index contributed by atoms with van der Waals surface area (Å²) in [6.45, 7) is 8.35. The van der Waals surface area contributed by atoms with E-state index in [1.54, 1.807) is 0 Å². The third-order valence-corrected chi connectivity index (χ3v) is 9.07. The van der Waals surface area contributed by atoms with Crippen LogP contribution in [0.5, 0.6) is 0 Å². The standard InChI is InChI=1S/C25H36F2O3S/c1-17-7-10-21(28)16-20(17)9-8-19-6-5-14-24(3)22(11-12-23(19)24)18(2)13-15-25(26,27)31(4,29)30/h8-9,13,15,18,21-23,28H,1,5-7,10-12,14,16H2,2-4H3/b15-13+,19-8+,20-9-/t18?,21?,22?,23-,24?/m0/s1. The Morgan fingerprint density at radius 3 is 2.61 bits per heavy atom. The summed E-state index contributed by atoms with van der Waals surface area (Å²) < 4.78 is 50.4. The zero-order valence-electron chi connectivity index (χ0n) is 18.9. The van der Waals surface area contributed by atoms with Gasteiger partial charge in [0.2, 0.25) is 9.84 Å². The fourth-order valence-corrected chi connectivity index (χ4v) is 6.39. The lowest BCUT2D eigenvalue weighted by Gasteiger charge is -2.44. The molecule has 0 aromatic carbocycles. The molecule has 0 aromatic rings. The maximum absolute atomic E-state index is 13.9. The zero-order chi connectivity index (χ0) is 23.0. The maximum Gasteiger partial charge on any atom is 0.363 e. The summed E-state index contributed by atoms with van der Waals surface area (Å²) in [6, 6.07) is 0. The van der Waals surface area contributed by atoms with Crippen molar-refractivity contribution in [1.82, 2.24) is 0 Å². The molecule has 3 fully saturated rings. The van der Waals surface area contributed by atoms with Crippen molar-refractivity contribution in [2.45, 2.75) is 76.6 Å². The second-order valence-electron chi connectivity index (χ2n) is 10.1. The van der Waals surface area contributed by atoms with Crippen LogP contribution in [0.2, 0.25) is 0 Å². The van der Waals surface area contributed by atoms with Crippen molar-refractivity contribution >= 4 is 9.84 Å². The Morgan fingerprint density at radius 2 is 1.94 bits per heavy atom. The molecule has 174 valence electrons. The molecule has 0 amide bonds. The molecule has 0 saturated heterocycles. The largest absolute Gasteiger partial charge is 0.393 e. The number of allylic oxidation sites excluding steroid dienone is 5. The number of rotatable bonds is 5. The van der Waals surface area contributed by atoms with E-state index in [9.17, 15) is 22.3 Å². The minimum absolute atomic E-state index is 0.0236. The van der Waals surface area contributed by atoms with Gasteiger partial charge in [0.1, 0.15) is 0 Å². The number of aliphatic hydroxyl groups is 1. The number of hydrogen-bond acceptors (Lipinski definition) is 3. The normalized spacial score (nSPS) is 36.3. The van der Waals surface area contributed by atoms with E-state index < -0.39 is 15.1 Å². The fourth-order valence-electron chi connectivity index (χ4n) is 6.06. The lowest BCUT2D eigenvalue weighted by molar-refractivity contribution is 0.110. The highest BCUT2D eigenvalue weighted by Crippen LogP contribution is 2.59. The summed E-state index contributed by atoms with van der Waals surface area (Å²) in [7, 11) is -4.46. The Kier molecular flexibility index (Phi) is 7.02. The van der Waals surface area contributed by atoms with E-state index in [2.05, 4.69) is 25.7 Å². The molecule has 3 rings (SSSR count). The number of hydrogen-bond donors (Lipinski definition) is 1. The van der Waals surface area contributed by atoms with Crippen LogP contribution in [0.25, 0.3) is 0 Å². The maximum atomic E-state index is 13.9. The number of aliphatic hydroxyl groups excluding tert-OH is 1. The molecule has 3 nitrogen and oxygen atoms in total. The van der Waals surface area contributed by atoms with Crippen LogP contribution in [0.1, 0.15) is 65.2 Å². The van der Waals surface area contributed by atoms with E-state index >= 15 is 0 Å². The Balaban J connectivity index is 1.78. The van der Waals surface area contributed by atoms with Gasteiger partial charge in [0, 0.05) is 6.26 Å². The summed E-state index contributed by atoms with van der Waals surface area (Å²) in [5.74, 6) is 0.539. The first kappa shape index (κ1) is 24.4. The van der Waals surface area contributed by atoms with Crippen LogP contribution in [0.4, 0.5) is 8.78 Å². The predicted molar refractivity (Wildman–Crippen MR) is 121 cm³/mol. The van der Waals surface area contributed by atoms with Crippen molar-refractivity contribution in [3.05, 3.63) is 47.6 Å². The molecule has 0 bridgehead atoms. The van der Waals surface area contributed by atoms with Crippen molar-refractivity contribution in [2.24, 2.45) is 23.2 Å². The fraction of sp³-hybridized carbons (Fsp3) is 0.680. The molecule has 1 N–H and O–H groups in total. The van der Waals surface area contributed by atoms with Crippen LogP contribution < -0.4 is 0 Å². The van der Waals surface area contributed by atoms with Gasteiger partial charge in [0.15, 0.2) is 0 Å². The lowest BCUT2D eigenvalue weighted by Crippen LogP contribution is -2.35. The van der Waals surface area contributed by atoms with Gasteiger partial charge in [-0.05, 0) is 86.2 Å². The monoisotopic (exact) mass is 454 g/mol. The third-order valence-electron chi connectivity index (χ3n) is 7.95. The van der Waals surface area contributed by atoms with Crippen molar-refractivity contribution in [3.63, 3.8) is 0 Å². The van der Waals surface area contributed by atoms with Gasteiger partial charge < -0.3 is 5.11 Å². The first-order chi connectivity index (χ1) is 14.3. The van der Waals surface area contributed by atoms with Crippen LogP contribution in [-0.2, 0) is 9.84 Å². The van der Waals surface area contributed by atoms with Crippen LogP contribution in [0, 0.1) is 23.2 Å². The van der Waals surface area contributed by atoms with E-state index in [1.807, 2.05) is 6.92 Å². The highest BCUT2D eigenvalue weighted by molar-refractivity contribution is 7.91. The Labute approximate surface area is 185 Å². The Bertz CT molecular complexity index is 900. The number of alkyl halides is 2. The molecule has 0 radical (unpaired) electrons. The van der Waals surface area contributed by atoms with E-state index in [4.69, 9.17) is 0 Å². The topological polar surface area (TPSA) is 54.4 Å². The highest BCUT2D eigenvalue weighted by atomic mass is 32.2. The van der Waals surface area contributed by atoms with Gasteiger partial charge in [0.25, 0.3) is 0 Å². The average Bonchev–Trinajstić information content (AvgIpc) is 3.03. The summed E-state index contributed by atoms with van der Waals surface area (Å²) in [4.78, 5) is 0. The summed E-state index contributed by atoms with van der Waals surface area (Å²) in [5, 5.41) is 6.16. The third kappa shape index (κ3) is 5.05. The van der Waals surface area contributed by atoms with E-state index in [1.165, 1.54) is 11.6 Å². The molecular weight excluding hydrogens is 418 g/mol. The number of sulfone groups is 1. The van der Waals surface area contributed by atoms with Crippen molar-refractivity contribution < 1.29 is 22.3 Å². The SMILES string of the molecule is C=C1CCC(O)C/C1=C/C=C1\CCCC2(C)C(C(C)/C=C/C(F)(F)S(C)(=O)=O)CC[C@@H]12. The van der Waals surface area contributed by atoms with E-state index in [0.717, 1.165) is 56.1 Å². The van der Waals surface area contributed by atoms with Crippen LogP contribution >= 0.6 is 0 Å².